The van der Waals surface area contributed by atoms with Crippen molar-refractivity contribution in [2.75, 3.05) is 11.4 Å². The zero-order valence-electron chi connectivity index (χ0n) is 16.9. The van der Waals surface area contributed by atoms with E-state index in [2.05, 4.69) is 6.07 Å². The fraction of sp³-hybridized carbons (Fsp3) is 0.391. The van der Waals surface area contributed by atoms with Crippen LogP contribution in [0.3, 0.4) is 0 Å². The lowest BCUT2D eigenvalue weighted by atomic mass is 9.94. The molecule has 2 heterocycles. The molecule has 1 amide bonds. The summed E-state index contributed by atoms with van der Waals surface area (Å²) in [6, 6.07) is 6.19. The molecule has 0 atom stereocenters. The van der Waals surface area contributed by atoms with E-state index in [0.29, 0.717) is 13.0 Å². The first-order valence-corrected chi connectivity index (χ1v) is 9.77. The first-order valence-electron chi connectivity index (χ1n) is 9.77. The predicted octanol–water partition coefficient (Wildman–Crippen LogP) is 4.31. The Bertz CT molecular complexity index is 1040. The molecule has 146 valence electrons. The molecule has 28 heavy (non-hydrogen) atoms. The van der Waals surface area contributed by atoms with E-state index in [0.717, 1.165) is 46.3 Å². The highest BCUT2D eigenvalue weighted by molar-refractivity contribution is 5.90. The van der Waals surface area contributed by atoms with E-state index in [1.807, 2.05) is 51.3 Å². The van der Waals surface area contributed by atoms with Gasteiger partial charge in [0.25, 0.3) is 5.56 Å². The maximum Gasteiger partial charge on any atom is 0.414 e. The number of pyridine rings is 1. The van der Waals surface area contributed by atoms with Crippen molar-refractivity contribution in [2.45, 2.75) is 45.6 Å². The van der Waals surface area contributed by atoms with Crippen LogP contribution < -0.4 is 10.5 Å². The van der Waals surface area contributed by atoms with Gasteiger partial charge in [-0.1, -0.05) is 18.2 Å². The van der Waals surface area contributed by atoms with Crippen molar-refractivity contribution in [3.05, 3.63) is 57.5 Å². The van der Waals surface area contributed by atoms with Crippen LogP contribution in [0.4, 0.5) is 10.5 Å². The van der Waals surface area contributed by atoms with E-state index in [4.69, 9.17) is 4.74 Å². The standard InChI is InChI=1S/C23H26N2O3/c1-23(2,3)28-22(27)25-12-6-7-16-13-15(10-11-20(16)25)19-14-24(4)21(26)18-9-5-8-17(18)19/h5,8,10-11,13-14H,6-7,9,12H2,1-4H3. The lowest BCUT2D eigenvalue weighted by molar-refractivity contribution is 0.0578. The molecule has 0 fully saturated rings. The highest BCUT2D eigenvalue weighted by atomic mass is 16.6. The van der Waals surface area contributed by atoms with E-state index in [-0.39, 0.29) is 11.7 Å². The van der Waals surface area contributed by atoms with Gasteiger partial charge in [0.1, 0.15) is 5.60 Å². The van der Waals surface area contributed by atoms with Crippen LogP contribution in [0.1, 0.15) is 43.9 Å². The number of hydrogen-bond acceptors (Lipinski definition) is 3. The molecule has 4 rings (SSSR count). The Morgan fingerprint density at radius 3 is 2.75 bits per heavy atom. The molecule has 0 N–H and O–H groups in total. The largest absolute Gasteiger partial charge is 0.443 e. The van der Waals surface area contributed by atoms with Crippen molar-refractivity contribution in [2.24, 2.45) is 7.05 Å². The maximum absolute atomic E-state index is 12.6. The van der Waals surface area contributed by atoms with E-state index in [1.54, 1.807) is 16.5 Å². The Morgan fingerprint density at radius 2 is 2.00 bits per heavy atom. The van der Waals surface area contributed by atoms with Gasteiger partial charge >= 0.3 is 6.09 Å². The summed E-state index contributed by atoms with van der Waals surface area (Å²) in [7, 11) is 1.80. The fourth-order valence-electron chi connectivity index (χ4n) is 4.00. The number of aryl methyl sites for hydroxylation is 2. The normalized spacial score (nSPS) is 15.4. The van der Waals surface area contributed by atoms with Gasteiger partial charge in [-0.15, -0.1) is 0 Å². The molecule has 2 aromatic rings. The molecule has 0 saturated heterocycles. The van der Waals surface area contributed by atoms with Crippen molar-refractivity contribution < 1.29 is 9.53 Å². The third kappa shape index (κ3) is 3.26. The topological polar surface area (TPSA) is 51.5 Å². The van der Waals surface area contributed by atoms with E-state index >= 15 is 0 Å². The molecular formula is C23H26N2O3. The molecular weight excluding hydrogens is 352 g/mol. The van der Waals surface area contributed by atoms with Crippen LogP contribution >= 0.6 is 0 Å². The smallest absolute Gasteiger partial charge is 0.414 e. The van der Waals surface area contributed by atoms with Gasteiger partial charge in [0.05, 0.1) is 5.69 Å². The van der Waals surface area contributed by atoms with Crippen molar-refractivity contribution in [3.8, 4) is 11.1 Å². The van der Waals surface area contributed by atoms with Crippen LogP contribution in [-0.4, -0.2) is 22.8 Å². The van der Waals surface area contributed by atoms with E-state index in [9.17, 15) is 9.59 Å². The molecule has 1 aromatic heterocycles. The Hall–Kier alpha value is -2.82. The van der Waals surface area contributed by atoms with E-state index in [1.165, 1.54) is 0 Å². The second-order valence-electron chi connectivity index (χ2n) is 8.54. The number of rotatable bonds is 1. The molecule has 5 heteroatoms. The first kappa shape index (κ1) is 18.5. The molecule has 0 saturated carbocycles. The van der Waals surface area contributed by atoms with Gasteiger partial charge < -0.3 is 9.30 Å². The number of benzene rings is 1. The summed E-state index contributed by atoms with van der Waals surface area (Å²) in [4.78, 5) is 26.7. The van der Waals surface area contributed by atoms with Crippen LogP contribution in [0.25, 0.3) is 17.2 Å². The minimum absolute atomic E-state index is 0.0674. The number of nitrogens with zero attached hydrogens (tertiary/aromatic N) is 2. The van der Waals surface area contributed by atoms with Crippen molar-refractivity contribution in [1.82, 2.24) is 4.57 Å². The quantitative estimate of drug-likeness (QED) is 0.743. The van der Waals surface area contributed by atoms with Gasteiger partial charge in [-0.2, -0.15) is 0 Å². The zero-order chi connectivity index (χ0) is 20.1. The molecule has 1 aliphatic heterocycles. The first-order chi connectivity index (χ1) is 13.2. The molecule has 0 spiro atoms. The molecule has 1 aromatic carbocycles. The SMILES string of the molecule is Cn1cc(-c2ccc3c(c2)CCCN3C(=O)OC(C)(C)C)c2c(c1=O)CC=C2. The second-order valence-corrected chi connectivity index (χ2v) is 8.54. The molecule has 0 radical (unpaired) electrons. The predicted molar refractivity (Wildman–Crippen MR) is 112 cm³/mol. The summed E-state index contributed by atoms with van der Waals surface area (Å²) in [6.45, 7) is 6.31. The number of fused-ring (bicyclic) bond motifs is 2. The summed E-state index contributed by atoms with van der Waals surface area (Å²) < 4.78 is 7.24. The molecule has 0 unspecified atom stereocenters. The van der Waals surface area contributed by atoms with Gasteiger partial charge in [0.15, 0.2) is 0 Å². The number of carbonyl (C=O) groups is 1. The number of aromatic nitrogens is 1. The highest BCUT2D eigenvalue weighted by Gasteiger charge is 2.28. The molecule has 5 nitrogen and oxygen atoms in total. The van der Waals surface area contributed by atoms with Gasteiger partial charge in [-0.05, 0) is 68.9 Å². The van der Waals surface area contributed by atoms with Gasteiger partial charge in [0, 0.05) is 30.9 Å². The number of amides is 1. The lowest BCUT2D eigenvalue weighted by Gasteiger charge is -2.32. The van der Waals surface area contributed by atoms with E-state index < -0.39 is 5.60 Å². The third-order valence-corrected chi connectivity index (χ3v) is 5.25. The number of carbonyl (C=O) groups excluding carboxylic acids is 1. The Labute approximate surface area is 165 Å². The van der Waals surface area contributed by atoms with Crippen LogP contribution in [0, 0.1) is 0 Å². The maximum atomic E-state index is 12.6. The summed E-state index contributed by atoms with van der Waals surface area (Å²) in [5.74, 6) is 0. The van der Waals surface area contributed by atoms with Gasteiger partial charge in [0.2, 0.25) is 0 Å². The van der Waals surface area contributed by atoms with Gasteiger partial charge in [-0.25, -0.2) is 4.79 Å². The highest BCUT2D eigenvalue weighted by Crippen LogP contribution is 2.35. The van der Waals surface area contributed by atoms with Crippen molar-refractivity contribution in [1.29, 1.82) is 0 Å². The summed E-state index contributed by atoms with van der Waals surface area (Å²) in [6.07, 6.45) is 8.21. The monoisotopic (exact) mass is 378 g/mol. The summed E-state index contributed by atoms with van der Waals surface area (Å²) in [5, 5.41) is 0. The van der Waals surface area contributed by atoms with Crippen LogP contribution in [0.2, 0.25) is 0 Å². The number of anilines is 1. The molecule has 0 bridgehead atoms. The van der Waals surface area contributed by atoms with Crippen LogP contribution in [-0.2, 0) is 24.6 Å². The Balaban J connectivity index is 1.74. The van der Waals surface area contributed by atoms with Crippen LogP contribution in [0.15, 0.2) is 35.3 Å². The average molecular weight is 378 g/mol. The minimum Gasteiger partial charge on any atom is -0.443 e. The third-order valence-electron chi connectivity index (χ3n) is 5.25. The Morgan fingerprint density at radius 1 is 1.21 bits per heavy atom. The van der Waals surface area contributed by atoms with Crippen molar-refractivity contribution in [3.63, 3.8) is 0 Å². The Kier molecular flexibility index (Phi) is 4.41. The number of hydrogen-bond donors (Lipinski definition) is 0. The average Bonchev–Trinajstić information content (AvgIpc) is 3.12. The summed E-state index contributed by atoms with van der Waals surface area (Å²) in [5.41, 5.74) is 5.61. The summed E-state index contributed by atoms with van der Waals surface area (Å²) >= 11 is 0. The second kappa shape index (κ2) is 6.66. The minimum atomic E-state index is -0.518. The van der Waals surface area contributed by atoms with Gasteiger partial charge in [-0.3, -0.25) is 9.69 Å². The number of ether oxygens (including phenoxy) is 1. The van der Waals surface area contributed by atoms with Crippen LogP contribution in [0.5, 0.6) is 0 Å². The lowest BCUT2D eigenvalue weighted by Crippen LogP contribution is -2.39. The molecule has 2 aliphatic rings. The zero-order valence-corrected chi connectivity index (χ0v) is 16.9. The molecule has 1 aliphatic carbocycles. The number of allylic oxidation sites excluding steroid dienone is 1. The fourth-order valence-corrected chi connectivity index (χ4v) is 4.00. The van der Waals surface area contributed by atoms with Crippen molar-refractivity contribution >= 4 is 17.9 Å².